The summed E-state index contributed by atoms with van der Waals surface area (Å²) in [7, 11) is 0. The van der Waals surface area contributed by atoms with Crippen molar-refractivity contribution in [2.45, 2.75) is 105 Å². The van der Waals surface area contributed by atoms with E-state index < -0.39 is 30.4 Å². The van der Waals surface area contributed by atoms with Crippen LogP contribution < -0.4 is 15.2 Å². The third-order valence-corrected chi connectivity index (χ3v) is 5.80. The van der Waals surface area contributed by atoms with Crippen LogP contribution in [0.5, 0.6) is 11.5 Å². The highest BCUT2D eigenvalue weighted by atomic mass is 16.7. The van der Waals surface area contributed by atoms with Crippen LogP contribution in [0.4, 0.5) is 9.59 Å². The predicted molar refractivity (Wildman–Crippen MR) is 142 cm³/mol. The Kier molecular flexibility index (Phi) is 14.9. The first-order valence-corrected chi connectivity index (χ1v) is 13.4. The van der Waals surface area contributed by atoms with E-state index in [9.17, 15) is 19.2 Å². The number of carbonyl (C=O) groups excluding carboxylic acids is 4. The zero-order valence-electron chi connectivity index (χ0n) is 24.0. The highest BCUT2D eigenvalue weighted by Gasteiger charge is 2.23. The molecular weight excluding hydrogens is 510 g/mol. The van der Waals surface area contributed by atoms with Crippen LogP contribution in [0.2, 0.25) is 0 Å². The van der Waals surface area contributed by atoms with Crippen molar-refractivity contribution in [3.63, 3.8) is 0 Å². The van der Waals surface area contributed by atoms with Crippen LogP contribution in [0.1, 0.15) is 79.7 Å². The van der Waals surface area contributed by atoms with Crippen LogP contribution in [-0.2, 0) is 35.0 Å². The molecule has 11 heteroatoms. The largest absolute Gasteiger partial charge is 0.514 e. The molecule has 0 spiro atoms. The van der Waals surface area contributed by atoms with Gasteiger partial charge in [0.15, 0.2) is 11.5 Å². The Bertz CT molecular complexity index is 950. The molecule has 1 rings (SSSR count). The topological polar surface area (TPSA) is 150 Å². The SMILES string of the molecule is CCCC(C)C(=O)OC[C@H](C)OC(=O)[C@@H](N)Cc1ccc(OC(=O)OC(C)CC)c(OC(=O)OC(C)CC)c1. The summed E-state index contributed by atoms with van der Waals surface area (Å²) in [6, 6.07) is 3.31. The van der Waals surface area contributed by atoms with E-state index in [1.54, 1.807) is 33.8 Å². The second-order valence-corrected chi connectivity index (χ2v) is 9.54. The van der Waals surface area contributed by atoms with Gasteiger partial charge in [-0.05, 0) is 64.2 Å². The van der Waals surface area contributed by atoms with Crippen molar-refractivity contribution in [2.24, 2.45) is 11.7 Å². The van der Waals surface area contributed by atoms with E-state index in [1.807, 2.05) is 20.8 Å². The molecule has 0 saturated heterocycles. The van der Waals surface area contributed by atoms with Crippen molar-refractivity contribution in [3.05, 3.63) is 23.8 Å². The van der Waals surface area contributed by atoms with E-state index in [0.717, 1.165) is 6.42 Å². The molecule has 0 bridgehead atoms. The Labute approximate surface area is 230 Å². The zero-order chi connectivity index (χ0) is 29.5. The summed E-state index contributed by atoms with van der Waals surface area (Å²) in [5, 5.41) is 0. The molecule has 0 heterocycles. The molecule has 5 atom stereocenters. The summed E-state index contributed by atoms with van der Waals surface area (Å²) in [4.78, 5) is 48.9. The highest BCUT2D eigenvalue weighted by molar-refractivity contribution is 5.76. The molecule has 0 aliphatic rings. The first kappa shape index (κ1) is 33.7. The van der Waals surface area contributed by atoms with Gasteiger partial charge in [-0.25, -0.2) is 9.59 Å². The maximum Gasteiger partial charge on any atom is 0.514 e. The Morgan fingerprint density at radius 1 is 0.769 bits per heavy atom. The number of ether oxygens (including phenoxy) is 6. The van der Waals surface area contributed by atoms with Gasteiger partial charge in [-0.3, -0.25) is 9.59 Å². The van der Waals surface area contributed by atoms with Gasteiger partial charge in [-0.2, -0.15) is 0 Å². The average Bonchev–Trinajstić information content (AvgIpc) is 2.88. The lowest BCUT2D eigenvalue weighted by Crippen LogP contribution is -2.37. The van der Waals surface area contributed by atoms with Crippen molar-refractivity contribution in [3.8, 4) is 11.5 Å². The van der Waals surface area contributed by atoms with Crippen LogP contribution in [0.25, 0.3) is 0 Å². The van der Waals surface area contributed by atoms with Gasteiger partial charge in [-0.15, -0.1) is 0 Å². The molecule has 0 aromatic heterocycles. The van der Waals surface area contributed by atoms with E-state index in [1.165, 1.54) is 12.1 Å². The Balaban J connectivity index is 2.89. The molecule has 220 valence electrons. The Morgan fingerprint density at radius 2 is 1.33 bits per heavy atom. The molecular formula is C28H43NO10. The van der Waals surface area contributed by atoms with Crippen molar-refractivity contribution in [1.29, 1.82) is 0 Å². The third kappa shape index (κ3) is 12.8. The monoisotopic (exact) mass is 553 g/mol. The van der Waals surface area contributed by atoms with Crippen molar-refractivity contribution < 1.29 is 47.6 Å². The van der Waals surface area contributed by atoms with Crippen LogP contribution in [-0.4, -0.2) is 55.2 Å². The van der Waals surface area contributed by atoms with E-state index in [0.29, 0.717) is 24.8 Å². The smallest absolute Gasteiger partial charge is 0.462 e. The summed E-state index contributed by atoms with van der Waals surface area (Å²) in [5.74, 6) is -1.46. The van der Waals surface area contributed by atoms with Crippen molar-refractivity contribution >= 4 is 24.2 Å². The number of carbonyl (C=O) groups is 4. The van der Waals surface area contributed by atoms with Gasteiger partial charge in [0.2, 0.25) is 0 Å². The zero-order valence-corrected chi connectivity index (χ0v) is 24.0. The molecule has 0 fully saturated rings. The molecule has 0 aliphatic carbocycles. The maximum atomic E-state index is 12.5. The Hall–Kier alpha value is -3.34. The first-order valence-electron chi connectivity index (χ1n) is 13.4. The predicted octanol–water partition coefficient (Wildman–Crippen LogP) is 5.10. The number of hydrogen-bond acceptors (Lipinski definition) is 11. The molecule has 0 radical (unpaired) electrons. The van der Waals surface area contributed by atoms with Gasteiger partial charge in [0.05, 0.1) is 5.92 Å². The quantitative estimate of drug-likeness (QED) is 0.176. The fourth-order valence-corrected chi connectivity index (χ4v) is 3.12. The summed E-state index contributed by atoms with van der Waals surface area (Å²) in [5.41, 5.74) is 6.55. The summed E-state index contributed by atoms with van der Waals surface area (Å²) in [6.07, 6.45) is -0.643. The second-order valence-electron chi connectivity index (χ2n) is 9.54. The number of hydrogen-bond donors (Lipinski definition) is 1. The maximum absolute atomic E-state index is 12.5. The van der Waals surface area contributed by atoms with Crippen molar-refractivity contribution in [2.75, 3.05) is 6.61 Å². The number of rotatable bonds is 15. The summed E-state index contributed by atoms with van der Waals surface area (Å²) < 4.78 is 31.3. The Morgan fingerprint density at radius 3 is 1.87 bits per heavy atom. The molecule has 0 amide bonds. The molecule has 0 aliphatic heterocycles. The van der Waals surface area contributed by atoms with Gasteiger partial charge in [-0.1, -0.05) is 40.2 Å². The number of esters is 2. The van der Waals surface area contributed by atoms with E-state index >= 15 is 0 Å². The van der Waals surface area contributed by atoms with Crippen LogP contribution in [0.3, 0.4) is 0 Å². The van der Waals surface area contributed by atoms with E-state index in [4.69, 9.17) is 34.2 Å². The molecule has 1 aromatic carbocycles. The molecule has 2 N–H and O–H groups in total. The van der Waals surface area contributed by atoms with Gasteiger partial charge in [0.1, 0.15) is 31.0 Å². The third-order valence-electron chi connectivity index (χ3n) is 5.80. The fraction of sp³-hybridized carbons (Fsp3) is 0.643. The minimum atomic E-state index is -1.07. The summed E-state index contributed by atoms with van der Waals surface area (Å²) in [6.45, 7) is 12.4. The minimum Gasteiger partial charge on any atom is -0.462 e. The second kappa shape index (κ2) is 17.3. The lowest BCUT2D eigenvalue weighted by molar-refractivity contribution is -0.161. The molecule has 0 saturated carbocycles. The normalized spacial score (nSPS) is 14.7. The average molecular weight is 554 g/mol. The van der Waals surface area contributed by atoms with E-state index in [2.05, 4.69) is 0 Å². The molecule has 3 unspecified atom stereocenters. The number of benzene rings is 1. The van der Waals surface area contributed by atoms with Gasteiger partial charge < -0.3 is 34.2 Å². The molecule has 11 nitrogen and oxygen atoms in total. The van der Waals surface area contributed by atoms with Crippen LogP contribution in [0.15, 0.2) is 18.2 Å². The highest BCUT2D eigenvalue weighted by Crippen LogP contribution is 2.30. The minimum absolute atomic E-state index is 0.0211. The fourth-order valence-electron chi connectivity index (χ4n) is 3.12. The summed E-state index contributed by atoms with van der Waals surface area (Å²) >= 11 is 0. The van der Waals surface area contributed by atoms with Gasteiger partial charge in [0.25, 0.3) is 0 Å². The van der Waals surface area contributed by atoms with Crippen LogP contribution >= 0.6 is 0 Å². The van der Waals surface area contributed by atoms with Crippen molar-refractivity contribution in [1.82, 2.24) is 0 Å². The van der Waals surface area contributed by atoms with E-state index in [-0.39, 0.29) is 48.6 Å². The standard InChI is InChI=1S/C28H43NO10/c1-8-11-17(4)25(30)34-16-20(7)35-26(31)22(29)14-21-12-13-23(38-27(32)36-18(5)9-2)24(15-21)39-28(33)37-19(6)10-3/h12-13,15,17-20,22H,8-11,14,16,29H2,1-7H3/t17?,18?,19?,20-,22-/m0/s1. The molecule has 39 heavy (non-hydrogen) atoms. The number of nitrogens with two attached hydrogens (primary N) is 1. The first-order chi connectivity index (χ1) is 18.4. The van der Waals surface area contributed by atoms with Gasteiger partial charge >= 0.3 is 24.2 Å². The lowest BCUT2D eigenvalue weighted by atomic mass is 10.1. The molecule has 1 aromatic rings. The lowest BCUT2D eigenvalue weighted by Gasteiger charge is -2.19. The van der Waals surface area contributed by atoms with Gasteiger partial charge in [0, 0.05) is 0 Å². The van der Waals surface area contributed by atoms with Crippen LogP contribution in [0, 0.1) is 5.92 Å².